The molecule has 4 heterocycles. The Labute approximate surface area is 224 Å². The molecule has 5 aromatic rings. The van der Waals surface area contributed by atoms with Crippen molar-refractivity contribution in [2.75, 3.05) is 5.73 Å². The first-order valence-corrected chi connectivity index (χ1v) is 12.9. The maximum atomic E-state index is 13.1. The number of hydrogen-bond donors (Lipinski definition) is 2. The Morgan fingerprint density at radius 3 is 2.69 bits per heavy atom. The van der Waals surface area contributed by atoms with Gasteiger partial charge in [-0.2, -0.15) is 4.73 Å². The molecule has 2 saturated carbocycles. The summed E-state index contributed by atoms with van der Waals surface area (Å²) in [6.07, 6.45) is 14.7. The molecule has 0 saturated heterocycles. The molecule has 2 fully saturated rings. The number of pyridine rings is 2. The summed E-state index contributed by atoms with van der Waals surface area (Å²) < 4.78 is 2.75. The number of nitrogen functional groups attached to an aromatic ring is 1. The smallest absolute Gasteiger partial charge is 0.317 e. The molecular weight excluding hydrogens is 490 g/mol. The Balaban J connectivity index is 1.36. The predicted octanol–water partition coefficient (Wildman–Crippen LogP) is 3.69. The Hall–Kier alpha value is -4.97. The number of rotatable bonds is 4. The monoisotopic (exact) mass is 515 g/mol. The van der Waals surface area contributed by atoms with E-state index >= 15 is 0 Å². The lowest BCUT2D eigenvalue weighted by atomic mass is 9.90. The number of nitrogens with one attached hydrogen (secondary N) is 1. The van der Waals surface area contributed by atoms with Crippen LogP contribution in [0.5, 0.6) is 0 Å². The Kier molecular flexibility index (Phi) is 4.91. The van der Waals surface area contributed by atoms with Gasteiger partial charge in [-0.15, -0.1) is 6.42 Å². The zero-order valence-electron chi connectivity index (χ0n) is 21.1. The van der Waals surface area contributed by atoms with E-state index in [2.05, 4.69) is 36.8 Å². The second-order valence-corrected chi connectivity index (χ2v) is 10.6. The number of nitrogens with zero attached hydrogens (tertiary/aromatic N) is 5. The van der Waals surface area contributed by atoms with Crippen molar-refractivity contribution < 1.29 is 9.52 Å². The van der Waals surface area contributed by atoms with Gasteiger partial charge in [0.25, 0.3) is 5.69 Å². The van der Waals surface area contributed by atoms with Crippen LogP contribution in [0.15, 0.2) is 67.3 Å². The molecule has 1 amide bonds. The number of amides is 1. The average molecular weight is 516 g/mol. The molecular formula is C30H25N7O2. The first-order chi connectivity index (χ1) is 18.9. The van der Waals surface area contributed by atoms with Crippen LogP contribution in [-0.2, 0) is 5.54 Å². The van der Waals surface area contributed by atoms with E-state index in [0.717, 1.165) is 47.7 Å². The maximum Gasteiger partial charge on any atom is 0.317 e. The zero-order valence-corrected chi connectivity index (χ0v) is 21.1. The number of fused-ring (bicyclic) bond motifs is 4. The summed E-state index contributed by atoms with van der Waals surface area (Å²) in [4.78, 5) is 26.8. The van der Waals surface area contributed by atoms with E-state index < -0.39 is 5.54 Å². The highest BCUT2D eigenvalue weighted by atomic mass is 16.5. The van der Waals surface area contributed by atoms with E-state index in [4.69, 9.17) is 12.2 Å². The zero-order chi connectivity index (χ0) is 26.8. The number of aromatic nitrogens is 5. The lowest BCUT2D eigenvalue weighted by molar-refractivity contribution is -0.607. The van der Waals surface area contributed by atoms with Crippen LogP contribution in [0.1, 0.15) is 48.3 Å². The summed E-state index contributed by atoms with van der Waals surface area (Å²) in [7, 11) is 0. The number of nitrogens with two attached hydrogens (primary N) is 1. The highest BCUT2D eigenvalue weighted by molar-refractivity contribution is 6.04. The van der Waals surface area contributed by atoms with Crippen LogP contribution in [0, 0.1) is 17.6 Å². The van der Waals surface area contributed by atoms with Gasteiger partial charge in [-0.3, -0.25) is 9.78 Å². The van der Waals surface area contributed by atoms with Crippen molar-refractivity contribution in [1.82, 2.24) is 24.8 Å². The number of terminal acetylenes is 1. The van der Waals surface area contributed by atoms with Crippen molar-refractivity contribution in [2.24, 2.45) is 0 Å². The first-order valence-electron chi connectivity index (χ1n) is 12.9. The second kappa shape index (κ2) is 8.27. The summed E-state index contributed by atoms with van der Waals surface area (Å²) in [5.74, 6) is 2.94. The van der Waals surface area contributed by atoms with Crippen LogP contribution in [0.3, 0.4) is 0 Å². The molecule has 192 valence electrons. The van der Waals surface area contributed by atoms with Gasteiger partial charge >= 0.3 is 5.91 Å². The van der Waals surface area contributed by atoms with Gasteiger partial charge in [-0.25, -0.2) is 9.97 Å². The lowest BCUT2D eigenvalue weighted by Gasteiger charge is -2.30. The number of benzene rings is 1. The number of para-hydroxylation sites is 1. The SMILES string of the molecule is C#Cc1c(-c2cnc3ccccc3c2)c2c(N)ncnc2n1C12CCC(NC(=O)c3cccc[n+]3[O-])(CC1)C2. The van der Waals surface area contributed by atoms with Gasteiger partial charge in [0.2, 0.25) is 0 Å². The van der Waals surface area contributed by atoms with Gasteiger partial charge < -0.3 is 20.8 Å². The van der Waals surface area contributed by atoms with Gasteiger partial charge in [-0.1, -0.05) is 24.1 Å². The van der Waals surface area contributed by atoms with Crippen LogP contribution >= 0.6 is 0 Å². The van der Waals surface area contributed by atoms with E-state index in [9.17, 15) is 10.0 Å². The Morgan fingerprint density at radius 2 is 1.90 bits per heavy atom. The second-order valence-electron chi connectivity index (χ2n) is 10.6. The third kappa shape index (κ3) is 3.38. The van der Waals surface area contributed by atoms with Gasteiger partial charge in [0.15, 0.2) is 6.20 Å². The van der Waals surface area contributed by atoms with Crippen LogP contribution in [-0.4, -0.2) is 31.0 Å². The standard InChI is InChI=1S/C30H25N7O2/c1-2-22-24(20-15-19-7-3-4-8-21(19)32-16-20)25-26(31)33-18-34-27(25)37(22)30-12-10-29(17-30,11-13-30)35-28(38)23-9-5-6-14-36(23)39/h1,3-9,14-16,18H,10-13,17H2,(H,35,38)(H2,31,33,34). The van der Waals surface area contributed by atoms with Gasteiger partial charge in [0, 0.05) is 45.9 Å². The number of anilines is 1. The van der Waals surface area contributed by atoms with Crippen molar-refractivity contribution in [3.8, 4) is 23.5 Å². The predicted molar refractivity (Wildman–Crippen MR) is 147 cm³/mol. The lowest BCUT2D eigenvalue weighted by Crippen LogP contribution is -2.49. The number of carbonyl (C=O) groups is 1. The van der Waals surface area contributed by atoms with Crippen molar-refractivity contribution >= 4 is 33.7 Å². The van der Waals surface area contributed by atoms with Gasteiger partial charge in [0.1, 0.15) is 23.5 Å². The van der Waals surface area contributed by atoms with Gasteiger partial charge in [-0.05, 0) is 50.3 Å². The summed E-state index contributed by atoms with van der Waals surface area (Å²) in [6, 6.07) is 14.8. The van der Waals surface area contributed by atoms with Crippen LogP contribution in [0.2, 0.25) is 0 Å². The van der Waals surface area contributed by atoms with Crippen molar-refractivity contribution in [1.29, 1.82) is 0 Å². The molecule has 4 aromatic heterocycles. The van der Waals surface area contributed by atoms with Crippen LogP contribution in [0.25, 0.3) is 33.1 Å². The molecule has 0 radical (unpaired) electrons. The Bertz CT molecular complexity index is 1840. The molecule has 0 unspecified atom stereocenters. The van der Waals surface area contributed by atoms with E-state index in [-0.39, 0.29) is 17.1 Å². The fourth-order valence-electron chi connectivity index (χ4n) is 6.78. The molecule has 2 aliphatic rings. The van der Waals surface area contributed by atoms with Crippen molar-refractivity contribution in [3.05, 3.63) is 83.8 Å². The number of carbonyl (C=O) groups excluding carboxylic acids is 1. The minimum Gasteiger partial charge on any atom is -0.618 e. The largest absolute Gasteiger partial charge is 0.618 e. The summed E-state index contributed by atoms with van der Waals surface area (Å²) >= 11 is 0. The van der Waals surface area contributed by atoms with Crippen LogP contribution in [0.4, 0.5) is 5.82 Å². The molecule has 0 atom stereocenters. The first kappa shape index (κ1) is 23.2. The normalized spacial score (nSPS) is 21.8. The minimum absolute atomic E-state index is 0.0820. The Morgan fingerprint density at radius 1 is 1.10 bits per heavy atom. The number of hydrogen-bond acceptors (Lipinski definition) is 6. The molecule has 2 bridgehead atoms. The van der Waals surface area contributed by atoms with E-state index in [1.54, 1.807) is 12.1 Å². The maximum absolute atomic E-state index is 13.1. The fourth-order valence-corrected chi connectivity index (χ4v) is 6.78. The quantitative estimate of drug-likeness (QED) is 0.214. The fraction of sp³-hybridized carbons (Fsp3) is 0.233. The van der Waals surface area contributed by atoms with E-state index in [0.29, 0.717) is 33.7 Å². The molecule has 7 rings (SSSR count). The van der Waals surface area contributed by atoms with Gasteiger partial charge in [0.05, 0.1) is 10.9 Å². The molecule has 0 spiro atoms. The van der Waals surface area contributed by atoms with E-state index in [1.807, 2.05) is 30.5 Å². The molecule has 0 aliphatic heterocycles. The molecule has 1 aromatic carbocycles. The summed E-state index contributed by atoms with van der Waals surface area (Å²) in [5, 5.41) is 17.1. The molecule has 9 heteroatoms. The minimum atomic E-state index is -0.439. The third-order valence-corrected chi connectivity index (χ3v) is 8.51. The topological polar surface area (TPSA) is 126 Å². The summed E-state index contributed by atoms with van der Waals surface area (Å²) in [5.41, 5.74) is 9.64. The van der Waals surface area contributed by atoms with Crippen molar-refractivity contribution in [3.63, 3.8) is 0 Å². The molecule has 9 nitrogen and oxygen atoms in total. The van der Waals surface area contributed by atoms with E-state index in [1.165, 1.54) is 18.6 Å². The highest BCUT2D eigenvalue weighted by Crippen LogP contribution is 2.57. The molecule has 39 heavy (non-hydrogen) atoms. The highest BCUT2D eigenvalue weighted by Gasteiger charge is 2.57. The average Bonchev–Trinajstić information content (AvgIpc) is 3.61. The van der Waals surface area contributed by atoms with Crippen molar-refractivity contribution in [2.45, 2.75) is 43.2 Å². The third-order valence-electron chi connectivity index (χ3n) is 8.51. The van der Waals surface area contributed by atoms with Crippen LogP contribution < -0.4 is 15.8 Å². The molecule has 3 N–H and O–H groups in total. The summed E-state index contributed by atoms with van der Waals surface area (Å²) in [6.45, 7) is 0. The molecule has 2 aliphatic carbocycles.